The average molecular weight is 660 g/mol. The zero-order valence-electron chi connectivity index (χ0n) is 29.2. The number of amides is 4. The molecule has 4 amide bonds. The normalized spacial score (nSPS) is 21.7. The van der Waals surface area contributed by atoms with Crippen LogP contribution in [-0.4, -0.2) is 107 Å². The van der Waals surface area contributed by atoms with Crippen molar-refractivity contribution < 1.29 is 24.2 Å². The molecule has 0 saturated carbocycles. The van der Waals surface area contributed by atoms with E-state index in [4.69, 9.17) is 4.74 Å². The van der Waals surface area contributed by atoms with E-state index in [0.29, 0.717) is 57.0 Å². The quantitative estimate of drug-likeness (QED) is 0.411. The molecular formula is C38H53N5O5. The van der Waals surface area contributed by atoms with E-state index in [9.17, 15) is 19.5 Å². The largest absolute Gasteiger partial charge is 0.507 e. The molecule has 48 heavy (non-hydrogen) atoms. The Hall–Kier alpha value is -3.79. The van der Waals surface area contributed by atoms with Crippen molar-refractivity contribution in [1.82, 2.24) is 19.6 Å². The third-order valence-corrected chi connectivity index (χ3v) is 11.2. The lowest BCUT2D eigenvalue weighted by molar-refractivity contribution is -0.142. The summed E-state index contributed by atoms with van der Waals surface area (Å²) in [6.45, 7) is 13.4. The molecule has 0 aliphatic carbocycles. The number of piperidine rings is 3. The van der Waals surface area contributed by atoms with Gasteiger partial charge in [0.05, 0.1) is 0 Å². The molecule has 1 atom stereocenters. The molecule has 3 fully saturated rings. The highest BCUT2D eigenvalue weighted by Gasteiger charge is 2.37. The summed E-state index contributed by atoms with van der Waals surface area (Å²) in [6, 6.07) is 12.1. The van der Waals surface area contributed by atoms with Crippen LogP contribution in [0.4, 0.5) is 15.3 Å². The van der Waals surface area contributed by atoms with Crippen LogP contribution in [0.2, 0.25) is 0 Å². The number of anilines is 1. The second-order valence-electron chi connectivity index (χ2n) is 15.2. The van der Waals surface area contributed by atoms with E-state index in [1.54, 1.807) is 4.90 Å². The number of aryl methyl sites for hydroxylation is 2. The van der Waals surface area contributed by atoms with Crippen LogP contribution in [0, 0.1) is 19.3 Å². The lowest BCUT2D eigenvalue weighted by atomic mass is 9.82. The van der Waals surface area contributed by atoms with Gasteiger partial charge in [0.1, 0.15) is 5.75 Å². The van der Waals surface area contributed by atoms with Gasteiger partial charge in [-0.3, -0.25) is 4.79 Å². The lowest BCUT2D eigenvalue weighted by Crippen LogP contribution is -2.53. The van der Waals surface area contributed by atoms with E-state index in [-0.39, 0.29) is 30.2 Å². The number of likely N-dealkylation sites (tertiary alicyclic amines) is 3. The first-order chi connectivity index (χ1) is 23.0. The summed E-state index contributed by atoms with van der Waals surface area (Å²) in [5, 5.41) is 13.4. The fourth-order valence-corrected chi connectivity index (χ4v) is 8.00. The van der Waals surface area contributed by atoms with Gasteiger partial charge in [0.15, 0.2) is 6.10 Å². The molecule has 4 aliphatic rings. The molecule has 10 nitrogen and oxygen atoms in total. The molecule has 2 aromatic rings. The van der Waals surface area contributed by atoms with Crippen LogP contribution in [0.3, 0.4) is 0 Å². The summed E-state index contributed by atoms with van der Waals surface area (Å²) in [7, 11) is 0. The van der Waals surface area contributed by atoms with Crippen LogP contribution in [0.1, 0.15) is 74.6 Å². The molecule has 6 rings (SSSR count). The third-order valence-electron chi connectivity index (χ3n) is 11.2. The number of para-hydroxylation sites is 1. The van der Waals surface area contributed by atoms with Gasteiger partial charge in [-0.2, -0.15) is 0 Å². The second kappa shape index (κ2) is 14.4. The molecule has 2 aromatic carbocycles. The maximum atomic E-state index is 14.1. The van der Waals surface area contributed by atoms with Crippen LogP contribution in [0.5, 0.6) is 5.75 Å². The Kier molecular flexibility index (Phi) is 10.2. The minimum atomic E-state index is -0.958. The van der Waals surface area contributed by atoms with Gasteiger partial charge in [0.25, 0.3) is 5.91 Å². The average Bonchev–Trinajstić information content (AvgIpc) is 3.24. The number of phenols is 1. The highest BCUT2D eigenvalue weighted by molar-refractivity contribution is 5.91. The smallest absolute Gasteiger partial charge is 0.410 e. The van der Waals surface area contributed by atoms with Gasteiger partial charge < -0.3 is 34.8 Å². The maximum Gasteiger partial charge on any atom is 0.410 e. The van der Waals surface area contributed by atoms with Gasteiger partial charge in [-0.15, -0.1) is 0 Å². The minimum Gasteiger partial charge on any atom is -0.507 e. The van der Waals surface area contributed by atoms with Gasteiger partial charge in [-0.25, -0.2) is 9.59 Å². The Labute approximate surface area is 285 Å². The van der Waals surface area contributed by atoms with Crippen molar-refractivity contribution in [2.45, 2.75) is 97.2 Å². The predicted octanol–water partition coefficient (Wildman–Crippen LogP) is 5.72. The molecule has 0 unspecified atom stereocenters. The fourth-order valence-electron chi connectivity index (χ4n) is 8.00. The Bertz CT molecular complexity index is 1460. The molecule has 3 saturated heterocycles. The van der Waals surface area contributed by atoms with Gasteiger partial charge in [-0.05, 0) is 106 Å². The van der Waals surface area contributed by atoms with E-state index in [0.717, 1.165) is 60.3 Å². The molecule has 0 bridgehead atoms. The predicted molar refractivity (Wildman–Crippen MR) is 186 cm³/mol. The lowest BCUT2D eigenvalue weighted by Gasteiger charge is -2.44. The van der Waals surface area contributed by atoms with Crippen molar-refractivity contribution in [2.24, 2.45) is 5.41 Å². The standard InChI is InChI=1S/C38H53N5O5/c1-26-23-28(24-27(2)34(26)44)25-33(35(45)41-16-10-30(11-17-41)40-21-14-38(3,4)15-22-40)48-37(47)42-18-12-31(13-19-42)43-20-9-29-7-5-6-8-32(29)39-36(43)46/h5-8,23-24,30-31,33,44H,9-22,25H2,1-4H3,(H,39,46)/t33-/m1/s1. The van der Waals surface area contributed by atoms with Crippen molar-refractivity contribution in [3.63, 3.8) is 0 Å². The number of hydrogen-bond donors (Lipinski definition) is 2. The number of aromatic hydroxyl groups is 1. The highest BCUT2D eigenvalue weighted by atomic mass is 16.6. The van der Waals surface area contributed by atoms with Crippen LogP contribution in [0.25, 0.3) is 0 Å². The van der Waals surface area contributed by atoms with Crippen molar-refractivity contribution in [2.75, 3.05) is 51.1 Å². The first-order valence-corrected chi connectivity index (χ1v) is 17.9. The molecule has 4 heterocycles. The fraction of sp³-hybridized carbons (Fsp3) is 0.605. The molecule has 2 N–H and O–H groups in total. The summed E-state index contributed by atoms with van der Waals surface area (Å²) >= 11 is 0. The first-order valence-electron chi connectivity index (χ1n) is 17.9. The van der Waals surface area contributed by atoms with E-state index in [1.165, 1.54) is 12.8 Å². The number of carbonyl (C=O) groups excluding carboxylic acids is 3. The molecule has 10 heteroatoms. The number of urea groups is 1. The number of nitrogens with one attached hydrogen (secondary N) is 1. The van der Waals surface area contributed by atoms with Crippen LogP contribution in [-0.2, 0) is 22.4 Å². The van der Waals surface area contributed by atoms with Crippen molar-refractivity contribution in [1.29, 1.82) is 0 Å². The number of ether oxygens (including phenoxy) is 1. The summed E-state index contributed by atoms with van der Waals surface area (Å²) < 4.78 is 6.08. The maximum absolute atomic E-state index is 14.1. The van der Waals surface area contributed by atoms with Crippen LogP contribution < -0.4 is 5.32 Å². The number of nitrogens with zero attached hydrogens (tertiary/aromatic N) is 4. The second-order valence-corrected chi connectivity index (χ2v) is 15.2. The summed E-state index contributed by atoms with van der Waals surface area (Å²) in [6.07, 6.45) is 5.13. The Morgan fingerprint density at radius 2 is 1.50 bits per heavy atom. The zero-order chi connectivity index (χ0) is 34.0. The summed E-state index contributed by atoms with van der Waals surface area (Å²) in [5.41, 5.74) is 4.71. The summed E-state index contributed by atoms with van der Waals surface area (Å²) in [5.74, 6) is 0.0901. The first kappa shape index (κ1) is 34.1. The molecule has 0 spiro atoms. The third kappa shape index (κ3) is 7.74. The van der Waals surface area contributed by atoms with Gasteiger partial charge in [-0.1, -0.05) is 44.2 Å². The Morgan fingerprint density at radius 1 is 0.896 bits per heavy atom. The topological polar surface area (TPSA) is 106 Å². The van der Waals surface area contributed by atoms with Gasteiger partial charge in [0, 0.05) is 56.9 Å². The Balaban J connectivity index is 1.08. The number of carbonyl (C=O) groups is 3. The van der Waals surface area contributed by atoms with Crippen LogP contribution >= 0.6 is 0 Å². The highest BCUT2D eigenvalue weighted by Crippen LogP contribution is 2.33. The molecule has 260 valence electrons. The zero-order valence-corrected chi connectivity index (χ0v) is 29.2. The van der Waals surface area contributed by atoms with Crippen molar-refractivity contribution in [3.8, 4) is 5.75 Å². The minimum absolute atomic E-state index is 0.0241. The van der Waals surface area contributed by atoms with E-state index in [1.807, 2.05) is 60.0 Å². The monoisotopic (exact) mass is 659 g/mol. The molecule has 0 aromatic heterocycles. The number of rotatable bonds is 6. The van der Waals surface area contributed by atoms with E-state index < -0.39 is 12.2 Å². The van der Waals surface area contributed by atoms with Crippen molar-refractivity contribution in [3.05, 3.63) is 58.7 Å². The van der Waals surface area contributed by atoms with Gasteiger partial charge >= 0.3 is 12.1 Å². The molecule has 4 aliphatic heterocycles. The number of benzene rings is 2. The molecule has 0 radical (unpaired) electrons. The number of phenolic OH excluding ortho intramolecular Hbond substituents is 1. The van der Waals surface area contributed by atoms with E-state index in [2.05, 4.69) is 24.1 Å². The molecular weight excluding hydrogens is 606 g/mol. The van der Waals surface area contributed by atoms with E-state index >= 15 is 0 Å². The SMILES string of the molecule is Cc1cc(C[C@@H](OC(=O)N2CCC(N3CCc4ccccc4NC3=O)CC2)C(=O)N2CCC(N3CCC(C)(C)CC3)CC2)cc(C)c1O. The number of fused-ring (bicyclic) bond motifs is 1. The van der Waals surface area contributed by atoms with Gasteiger partial charge in [0.2, 0.25) is 0 Å². The Morgan fingerprint density at radius 3 is 2.17 bits per heavy atom. The van der Waals surface area contributed by atoms with Crippen LogP contribution in [0.15, 0.2) is 36.4 Å². The number of hydrogen-bond acceptors (Lipinski definition) is 6. The van der Waals surface area contributed by atoms with Crippen molar-refractivity contribution >= 4 is 23.7 Å². The summed E-state index contributed by atoms with van der Waals surface area (Å²) in [4.78, 5) is 48.8.